The molecule has 0 unspecified atom stereocenters. The van der Waals surface area contributed by atoms with Crippen LogP contribution in [0.2, 0.25) is 15.1 Å². The van der Waals surface area contributed by atoms with E-state index >= 15 is 0 Å². The van der Waals surface area contributed by atoms with E-state index in [1.165, 1.54) is 24.3 Å². The first-order chi connectivity index (χ1) is 8.79. The second kappa shape index (κ2) is 5.79. The van der Waals surface area contributed by atoms with Crippen LogP contribution in [-0.2, 0) is 10.0 Å². The molecule has 0 atom stereocenters. The molecule has 0 spiro atoms. The molecule has 0 aliphatic rings. The predicted molar refractivity (Wildman–Crippen MR) is 84.3 cm³/mol. The smallest absolute Gasteiger partial charge is 0.271 e. The maximum absolute atomic E-state index is 12.1. The maximum atomic E-state index is 12.1. The average Bonchev–Trinajstić information content (AvgIpc) is 2.65. The highest BCUT2D eigenvalue weighted by Crippen LogP contribution is 2.35. The van der Waals surface area contributed by atoms with Gasteiger partial charge in [0.05, 0.1) is 24.5 Å². The first-order valence-corrected chi connectivity index (χ1v) is 8.95. The third kappa shape index (κ3) is 3.56. The molecule has 0 fully saturated rings. The Morgan fingerprint density at radius 2 is 1.74 bits per heavy atom. The summed E-state index contributed by atoms with van der Waals surface area (Å²) in [5, 5.41) is 0.971. The van der Waals surface area contributed by atoms with Gasteiger partial charge in [0.2, 0.25) is 0 Å². The van der Waals surface area contributed by atoms with E-state index < -0.39 is 10.0 Å². The van der Waals surface area contributed by atoms with E-state index in [0.29, 0.717) is 19.5 Å². The number of rotatable bonds is 3. The van der Waals surface area contributed by atoms with E-state index in [1.807, 2.05) is 0 Å². The lowest BCUT2D eigenvalue weighted by molar-refractivity contribution is 0.603. The molecule has 1 aromatic heterocycles. The van der Waals surface area contributed by atoms with Gasteiger partial charge in [-0.3, -0.25) is 4.72 Å². The van der Waals surface area contributed by atoms with Gasteiger partial charge in [-0.1, -0.05) is 34.8 Å². The Kier molecular flexibility index (Phi) is 4.70. The standard InChI is InChI=1S/C10H5BrCl3NO2S2/c11-10-8(14)4-9(18-10)19(16,17)15-5-1-2-6(12)7(13)3-5/h1-4,15H. The third-order valence-electron chi connectivity index (χ3n) is 2.06. The van der Waals surface area contributed by atoms with Crippen molar-refractivity contribution in [1.82, 2.24) is 0 Å². The van der Waals surface area contributed by atoms with Crippen LogP contribution in [-0.4, -0.2) is 8.42 Å². The minimum Gasteiger partial charge on any atom is -0.279 e. The van der Waals surface area contributed by atoms with Crippen molar-refractivity contribution in [2.75, 3.05) is 4.72 Å². The van der Waals surface area contributed by atoms with Gasteiger partial charge in [-0.05, 0) is 40.2 Å². The molecule has 1 heterocycles. The van der Waals surface area contributed by atoms with E-state index in [4.69, 9.17) is 34.8 Å². The van der Waals surface area contributed by atoms with Crippen molar-refractivity contribution in [3.8, 4) is 0 Å². The third-order valence-corrected chi connectivity index (χ3v) is 7.13. The van der Waals surface area contributed by atoms with E-state index in [0.717, 1.165) is 11.3 Å². The minimum atomic E-state index is -3.69. The summed E-state index contributed by atoms with van der Waals surface area (Å²) in [5.41, 5.74) is 0.329. The lowest BCUT2D eigenvalue weighted by Gasteiger charge is -2.06. The topological polar surface area (TPSA) is 46.2 Å². The second-order valence-electron chi connectivity index (χ2n) is 3.42. The van der Waals surface area contributed by atoms with Gasteiger partial charge in [0.15, 0.2) is 0 Å². The fraction of sp³-hybridized carbons (Fsp3) is 0. The average molecular weight is 422 g/mol. The monoisotopic (exact) mass is 419 g/mol. The van der Waals surface area contributed by atoms with Gasteiger partial charge in [-0.25, -0.2) is 8.42 Å². The minimum absolute atomic E-state index is 0.107. The van der Waals surface area contributed by atoms with Crippen molar-refractivity contribution in [2.45, 2.75) is 4.21 Å². The normalized spacial score (nSPS) is 11.6. The van der Waals surface area contributed by atoms with Gasteiger partial charge in [-0.2, -0.15) is 0 Å². The maximum Gasteiger partial charge on any atom is 0.271 e. The van der Waals surface area contributed by atoms with Crippen molar-refractivity contribution in [2.24, 2.45) is 0 Å². The summed E-state index contributed by atoms with van der Waals surface area (Å²) in [7, 11) is -3.69. The zero-order valence-corrected chi connectivity index (χ0v) is 14.4. The molecule has 0 amide bonds. The van der Waals surface area contributed by atoms with Crippen molar-refractivity contribution in [3.63, 3.8) is 0 Å². The molecular formula is C10H5BrCl3NO2S2. The highest BCUT2D eigenvalue weighted by Gasteiger charge is 2.19. The van der Waals surface area contributed by atoms with Crippen molar-refractivity contribution < 1.29 is 8.42 Å². The van der Waals surface area contributed by atoms with Gasteiger partial charge >= 0.3 is 0 Å². The van der Waals surface area contributed by atoms with E-state index in [-0.39, 0.29) is 9.23 Å². The number of sulfonamides is 1. The first kappa shape index (κ1) is 15.4. The number of thiophene rings is 1. The van der Waals surface area contributed by atoms with Gasteiger partial charge in [0, 0.05) is 0 Å². The number of anilines is 1. The molecule has 0 aliphatic carbocycles. The molecule has 0 saturated heterocycles. The van der Waals surface area contributed by atoms with Crippen LogP contribution in [0.4, 0.5) is 5.69 Å². The van der Waals surface area contributed by atoms with Gasteiger partial charge in [-0.15, -0.1) is 11.3 Å². The Bertz CT molecular complexity index is 711. The molecule has 9 heteroatoms. The molecule has 0 aliphatic heterocycles. The van der Waals surface area contributed by atoms with Gasteiger partial charge < -0.3 is 0 Å². The van der Waals surface area contributed by atoms with Crippen LogP contribution in [0.15, 0.2) is 32.3 Å². The molecule has 102 valence electrons. The molecule has 2 rings (SSSR count). The summed E-state index contributed by atoms with van der Waals surface area (Å²) in [6.07, 6.45) is 0. The zero-order chi connectivity index (χ0) is 14.2. The molecular weight excluding hydrogens is 417 g/mol. The summed E-state index contributed by atoms with van der Waals surface area (Å²) >= 11 is 21.6. The number of hydrogen-bond acceptors (Lipinski definition) is 3. The molecule has 3 nitrogen and oxygen atoms in total. The molecule has 0 radical (unpaired) electrons. The van der Waals surface area contributed by atoms with E-state index in [2.05, 4.69) is 20.7 Å². The Hall–Kier alpha value is 0.0200. The van der Waals surface area contributed by atoms with Crippen LogP contribution >= 0.6 is 62.1 Å². The Morgan fingerprint density at radius 3 is 2.26 bits per heavy atom. The predicted octanol–water partition coefficient (Wildman–Crippen LogP) is 5.27. The fourth-order valence-corrected chi connectivity index (χ4v) is 4.97. The highest BCUT2D eigenvalue weighted by molar-refractivity contribution is 9.11. The number of hydrogen-bond donors (Lipinski definition) is 1. The Labute approximate surface area is 137 Å². The number of nitrogens with one attached hydrogen (secondary N) is 1. The number of halogens is 4. The largest absolute Gasteiger partial charge is 0.279 e. The van der Waals surface area contributed by atoms with Crippen LogP contribution in [0.25, 0.3) is 0 Å². The summed E-state index contributed by atoms with van der Waals surface area (Å²) in [6.45, 7) is 0. The lowest BCUT2D eigenvalue weighted by atomic mass is 10.3. The number of benzene rings is 1. The molecule has 2 aromatic rings. The van der Waals surface area contributed by atoms with Crippen LogP contribution in [0.1, 0.15) is 0 Å². The SMILES string of the molecule is O=S(=O)(Nc1ccc(Cl)c(Cl)c1)c1cc(Cl)c(Br)s1. The Morgan fingerprint density at radius 1 is 1.05 bits per heavy atom. The van der Waals surface area contributed by atoms with Crippen LogP contribution in [0.5, 0.6) is 0 Å². The molecule has 1 aromatic carbocycles. The summed E-state index contributed by atoms with van der Waals surface area (Å²) in [4.78, 5) is 0. The van der Waals surface area contributed by atoms with Crippen molar-refractivity contribution in [3.05, 3.63) is 43.1 Å². The molecule has 0 saturated carbocycles. The zero-order valence-electron chi connectivity index (χ0n) is 8.95. The summed E-state index contributed by atoms with van der Waals surface area (Å²) in [6, 6.07) is 5.84. The lowest BCUT2D eigenvalue weighted by Crippen LogP contribution is -2.11. The highest BCUT2D eigenvalue weighted by atomic mass is 79.9. The first-order valence-electron chi connectivity index (χ1n) is 4.72. The van der Waals surface area contributed by atoms with Crippen LogP contribution < -0.4 is 4.72 Å². The Balaban J connectivity index is 2.33. The van der Waals surface area contributed by atoms with Crippen molar-refractivity contribution in [1.29, 1.82) is 0 Å². The van der Waals surface area contributed by atoms with Gasteiger partial charge in [0.1, 0.15) is 4.21 Å². The summed E-state index contributed by atoms with van der Waals surface area (Å²) < 4.78 is 27.3. The summed E-state index contributed by atoms with van der Waals surface area (Å²) in [5.74, 6) is 0. The second-order valence-corrected chi connectivity index (χ2v) is 8.92. The molecule has 19 heavy (non-hydrogen) atoms. The van der Waals surface area contributed by atoms with E-state index in [9.17, 15) is 8.42 Å². The van der Waals surface area contributed by atoms with Crippen LogP contribution in [0, 0.1) is 0 Å². The van der Waals surface area contributed by atoms with E-state index in [1.54, 1.807) is 0 Å². The quantitative estimate of drug-likeness (QED) is 0.734. The molecule has 0 bridgehead atoms. The van der Waals surface area contributed by atoms with Crippen molar-refractivity contribution >= 4 is 77.8 Å². The fourth-order valence-electron chi connectivity index (χ4n) is 1.22. The van der Waals surface area contributed by atoms with Gasteiger partial charge in [0.25, 0.3) is 10.0 Å². The molecule has 1 N–H and O–H groups in total. The van der Waals surface area contributed by atoms with Crippen LogP contribution in [0.3, 0.4) is 0 Å².